The van der Waals surface area contributed by atoms with Gasteiger partial charge in [0.1, 0.15) is 24.2 Å². The summed E-state index contributed by atoms with van der Waals surface area (Å²) in [5, 5.41) is 11.7. The normalized spacial score (nSPS) is 17.2. The van der Waals surface area contributed by atoms with Gasteiger partial charge < -0.3 is 37.6 Å². The van der Waals surface area contributed by atoms with E-state index in [-0.39, 0.29) is 43.7 Å². The van der Waals surface area contributed by atoms with E-state index in [1.807, 2.05) is 61.5 Å². The summed E-state index contributed by atoms with van der Waals surface area (Å²) in [5.74, 6) is -1.69. The summed E-state index contributed by atoms with van der Waals surface area (Å²) >= 11 is 0. The molecule has 0 spiro atoms. The van der Waals surface area contributed by atoms with E-state index in [9.17, 15) is 24.0 Å². The van der Waals surface area contributed by atoms with Gasteiger partial charge in [-0.15, -0.1) is 0 Å². The Labute approximate surface area is 319 Å². The number of aliphatic imine (C=N–C) groups is 1. The van der Waals surface area contributed by atoms with Crippen molar-refractivity contribution in [2.24, 2.45) is 22.4 Å². The van der Waals surface area contributed by atoms with Crippen LogP contribution in [-0.2, 0) is 43.4 Å². The molecule has 1 fully saturated rings. The van der Waals surface area contributed by atoms with Crippen LogP contribution in [0.5, 0.6) is 0 Å². The molecule has 13 nitrogen and oxygen atoms in total. The molecule has 0 saturated heterocycles. The van der Waals surface area contributed by atoms with Crippen molar-refractivity contribution in [1.29, 1.82) is 0 Å². The van der Waals surface area contributed by atoms with Gasteiger partial charge in [0.05, 0.1) is 0 Å². The highest BCUT2D eigenvalue weighted by atomic mass is 16.2. The number of nitrogens with two attached hydrogens (primary N) is 2. The van der Waals surface area contributed by atoms with Crippen molar-refractivity contribution in [3.05, 3.63) is 71.3 Å². The number of hydrogen-bond donors (Lipinski definition) is 6. The Morgan fingerprint density at radius 1 is 0.815 bits per heavy atom. The molecule has 13 heteroatoms. The largest absolute Gasteiger partial charge is 0.370 e. The molecule has 4 atom stereocenters. The average Bonchev–Trinajstić information content (AvgIpc) is 3.16. The lowest BCUT2D eigenvalue weighted by molar-refractivity contribution is -0.145. The summed E-state index contributed by atoms with van der Waals surface area (Å²) in [4.78, 5) is 74.1. The van der Waals surface area contributed by atoms with Gasteiger partial charge in [-0.1, -0.05) is 106 Å². The monoisotopic (exact) mass is 744 g/mol. The van der Waals surface area contributed by atoms with Crippen LogP contribution in [-0.4, -0.2) is 77.7 Å². The number of hydrogen-bond acceptors (Lipinski definition) is 6. The summed E-state index contributed by atoms with van der Waals surface area (Å²) < 4.78 is 0. The van der Waals surface area contributed by atoms with Crippen LogP contribution in [0.15, 0.2) is 59.6 Å². The minimum absolute atomic E-state index is 0.0776. The van der Waals surface area contributed by atoms with E-state index in [0.29, 0.717) is 38.1 Å². The fourth-order valence-electron chi connectivity index (χ4n) is 7.50. The predicted molar refractivity (Wildman–Crippen MR) is 210 cm³/mol. The first-order chi connectivity index (χ1) is 26.0. The smallest absolute Gasteiger partial charge is 0.246 e. The summed E-state index contributed by atoms with van der Waals surface area (Å²) in [6.07, 6.45) is 9.28. The number of guanidine groups is 1. The maximum Gasteiger partial charge on any atom is 0.246 e. The number of rotatable bonds is 19. The van der Waals surface area contributed by atoms with E-state index in [1.54, 1.807) is 0 Å². The third-order valence-corrected chi connectivity index (χ3v) is 10.4. The van der Waals surface area contributed by atoms with Gasteiger partial charge in [-0.3, -0.25) is 29.0 Å². The van der Waals surface area contributed by atoms with Crippen molar-refractivity contribution in [1.82, 2.24) is 26.2 Å². The molecule has 4 rings (SSSR count). The second-order valence-corrected chi connectivity index (χ2v) is 14.7. The van der Waals surface area contributed by atoms with Crippen LogP contribution in [0, 0.1) is 5.92 Å². The maximum atomic E-state index is 14.7. The molecule has 1 aliphatic heterocycles. The molecule has 1 saturated carbocycles. The number of amides is 5. The van der Waals surface area contributed by atoms with Gasteiger partial charge in [-0.05, 0) is 54.7 Å². The van der Waals surface area contributed by atoms with E-state index < -0.39 is 41.9 Å². The molecule has 1 heterocycles. The fourth-order valence-corrected chi connectivity index (χ4v) is 7.50. The van der Waals surface area contributed by atoms with E-state index in [1.165, 1.54) is 11.8 Å². The molecule has 2 aromatic carbocycles. The van der Waals surface area contributed by atoms with Crippen molar-refractivity contribution >= 4 is 35.5 Å². The highest BCUT2D eigenvalue weighted by Gasteiger charge is 2.39. The van der Waals surface area contributed by atoms with Crippen molar-refractivity contribution in [2.75, 3.05) is 13.1 Å². The number of fused-ring (bicyclic) bond motifs is 1. The molecule has 0 unspecified atom stereocenters. The molecule has 0 bridgehead atoms. The summed E-state index contributed by atoms with van der Waals surface area (Å²) in [6, 6.07) is 14.0. The van der Waals surface area contributed by atoms with Crippen LogP contribution in [0.25, 0.3) is 0 Å². The molecule has 8 N–H and O–H groups in total. The number of nitrogens with one attached hydrogen (secondary N) is 4. The minimum Gasteiger partial charge on any atom is -0.370 e. The maximum absolute atomic E-state index is 14.7. The number of benzene rings is 2. The average molecular weight is 745 g/mol. The Balaban J connectivity index is 1.56. The number of carbonyl (C=O) groups is 5. The first-order valence-electron chi connectivity index (χ1n) is 19.7. The van der Waals surface area contributed by atoms with E-state index in [4.69, 9.17) is 11.5 Å². The first-order valence-corrected chi connectivity index (χ1v) is 19.7. The molecule has 0 aromatic heterocycles. The number of unbranched alkanes of at least 4 members (excludes halogenated alkanes) is 1. The molecule has 5 amide bonds. The van der Waals surface area contributed by atoms with Crippen LogP contribution in [0.1, 0.15) is 101 Å². The Hall–Kier alpha value is -4.94. The zero-order chi connectivity index (χ0) is 38.9. The molecule has 2 aromatic rings. The van der Waals surface area contributed by atoms with Gasteiger partial charge >= 0.3 is 0 Å². The van der Waals surface area contributed by atoms with Crippen molar-refractivity contribution in [2.45, 2.75) is 128 Å². The van der Waals surface area contributed by atoms with Gasteiger partial charge in [-0.25, -0.2) is 0 Å². The summed E-state index contributed by atoms with van der Waals surface area (Å²) in [7, 11) is 0. The van der Waals surface area contributed by atoms with Crippen molar-refractivity contribution in [3.8, 4) is 0 Å². The SMILES string of the molecule is CCCC[C@H](NC(=O)[C@@H]1Cc2ccccc2CN1C(=O)[C@H](CCCN=C(N)N)NC(=O)[C@H](CC1CCCCC1)NC(C)=O)C(=O)NCCc1ccccc1. The lowest BCUT2D eigenvalue weighted by Gasteiger charge is -2.39. The molecular formula is C41H60N8O5. The van der Waals surface area contributed by atoms with E-state index in [0.717, 1.165) is 61.6 Å². The van der Waals surface area contributed by atoms with Gasteiger partial charge in [0, 0.05) is 33.0 Å². The molecule has 294 valence electrons. The van der Waals surface area contributed by atoms with E-state index >= 15 is 0 Å². The quantitative estimate of drug-likeness (QED) is 0.0721. The Morgan fingerprint density at radius 3 is 2.19 bits per heavy atom. The Kier molecular flexibility index (Phi) is 16.8. The Morgan fingerprint density at radius 2 is 1.50 bits per heavy atom. The third-order valence-electron chi connectivity index (χ3n) is 10.4. The highest BCUT2D eigenvalue weighted by Crippen LogP contribution is 2.28. The topological polar surface area (TPSA) is 201 Å². The first kappa shape index (κ1) is 41.8. The predicted octanol–water partition coefficient (Wildman–Crippen LogP) is 2.99. The third kappa shape index (κ3) is 13.2. The number of nitrogens with zero attached hydrogens (tertiary/aromatic N) is 2. The minimum atomic E-state index is -1.02. The van der Waals surface area contributed by atoms with Crippen LogP contribution in [0.2, 0.25) is 0 Å². The zero-order valence-corrected chi connectivity index (χ0v) is 32.0. The lowest BCUT2D eigenvalue weighted by atomic mass is 9.84. The van der Waals surface area contributed by atoms with Crippen LogP contribution in [0.3, 0.4) is 0 Å². The second-order valence-electron chi connectivity index (χ2n) is 14.7. The molecule has 2 aliphatic rings. The zero-order valence-electron chi connectivity index (χ0n) is 32.0. The standard InChI is InChI=1S/C41H60N8O5/c1-3-4-20-33(37(51)44-24-22-29-14-7-5-8-15-29)47-39(53)36-26-31-18-11-12-19-32(31)27-49(36)40(54)34(21-13-23-45-41(42)43)48-38(52)35(46-28(2)50)25-30-16-9-6-10-17-30/h5,7-8,11-12,14-15,18-19,30,33-36H,3-4,6,9-10,13,16-17,20-27H2,1-2H3,(H,44,51)(H,46,50)(H,47,53)(H,48,52)(H4,42,43,45)/t33-,34-,35-,36-/m0/s1. The van der Waals surface area contributed by atoms with Crippen LogP contribution >= 0.6 is 0 Å². The molecule has 0 radical (unpaired) electrons. The molecule has 54 heavy (non-hydrogen) atoms. The lowest BCUT2D eigenvalue weighted by Crippen LogP contribution is -2.61. The fraction of sp³-hybridized carbons (Fsp3) is 0.561. The van der Waals surface area contributed by atoms with Crippen molar-refractivity contribution in [3.63, 3.8) is 0 Å². The Bertz CT molecular complexity index is 1570. The molecular weight excluding hydrogens is 685 g/mol. The second kappa shape index (κ2) is 21.7. The summed E-state index contributed by atoms with van der Waals surface area (Å²) in [6.45, 7) is 4.21. The highest BCUT2D eigenvalue weighted by molar-refractivity contribution is 5.96. The molecule has 1 aliphatic carbocycles. The van der Waals surface area contributed by atoms with Gasteiger partial charge in [0.2, 0.25) is 29.5 Å². The van der Waals surface area contributed by atoms with Crippen LogP contribution < -0.4 is 32.7 Å². The number of carbonyl (C=O) groups excluding carboxylic acids is 5. The van der Waals surface area contributed by atoms with Crippen LogP contribution in [0.4, 0.5) is 0 Å². The van der Waals surface area contributed by atoms with Crippen molar-refractivity contribution < 1.29 is 24.0 Å². The van der Waals surface area contributed by atoms with Gasteiger partial charge in [0.25, 0.3) is 0 Å². The van der Waals surface area contributed by atoms with Gasteiger partial charge in [0.15, 0.2) is 5.96 Å². The van der Waals surface area contributed by atoms with Gasteiger partial charge in [-0.2, -0.15) is 0 Å². The summed E-state index contributed by atoms with van der Waals surface area (Å²) in [5.41, 5.74) is 14.0. The van der Waals surface area contributed by atoms with E-state index in [2.05, 4.69) is 26.3 Å².